The summed E-state index contributed by atoms with van der Waals surface area (Å²) in [5.41, 5.74) is 2.23. The fourth-order valence-electron chi connectivity index (χ4n) is 6.81. The van der Waals surface area contributed by atoms with E-state index in [1.54, 1.807) is 18.4 Å². The number of carbonyl (C=O) groups is 5. The van der Waals surface area contributed by atoms with Gasteiger partial charge in [-0.2, -0.15) is 0 Å². The molecule has 0 bridgehead atoms. The molecule has 0 saturated carbocycles. The molecule has 5 amide bonds. The second kappa shape index (κ2) is 24.2. The standard InChI is InChI=1S/C42H58N5O11.Mo/c1-23(2)19-30(45-36(51)16-17-43-35(50)11-10-18-48)41(53)44-25(5)40(52)47-31(20-24(3)4)42(54)46-29-14-12-26-21-34(56-7)38(57-8)39(58-9)37(26)27-13-15-33(55-6)32(49)22-28(27)29;/h13,15,21-25,29-31H,10-12,14,16-17,19-20H2,1-9H3,(H,43,50)(H,44,53)(H,45,51)(H,46,54)(H,47,52);/q-1;. The topological polar surface area (TPSA) is 217 Å². The van der Waals surface area contributed by atoms with Gasteiger partial charge in [-0.25, -0.2) is 0 Å². The molecule has 0 spiro atoms. The maximum atomic E-state index is 14.2. The number of rotatable bonds is 21. The number of aryl methyl sites for hydroxylation is 1. The van der Waals surface area contributed by atoms with Crippen LogP contribution in [0.25, 0.3) is 11.1 Å². The van der Waals surface area contributed by atoms with E-state index in [9.17, 15) is 33.6 Å². The van der Waals surface area contributed by atoms with Crippen molar-refractivity contribution in [3.05, 3.63) is 45.6 Å². The first kappa shape index (κ1) is 50.2. The van der Waals surface area contributed by atoms with Crippen molar-refractivity contribution in [3.8, 4) is 34.1 Å². The second-order valence-electron chi connectivity index (χ2n) is 15.0. The Morgan fingerprint density at radius 2 is 1.37 bits per heavy atom. The first-order valence-electron chi connectivity index (χ1n) is 19.4. The third-order valence-electron chi connectivity index (χ3n) is 9.62. The van der Waals surface area contributed by atoms with Crippen LogP contribution in [0.3, 0.4) is 0 Å². The summed E-state index contributed by atoms with van der Waals surface area (Å²) in [6, 6.07) is 2.84. The fourth-order valence-corrected chi connectivity index (χ4v) is 6.81. The predicted octanol–water partition coefficient (Wildman–Crippen LogP) is 2.81. The first-order valence-corrected chi connectivity index (χ1v) is 19.4. The van der Waals surface area contributed by atoms with Gasteiger partial charge in [-0.15, -0.1) is 6.42 Å². The number of fused-ring (bicyclic) bond motifs is 3. The quantitative estimate of drug-likeness (QED) is 0.0907. The molecular weight excluding hydrogens is 846 g/mol. The molecule has 3 rings (SSSR count). The van der Waals surface area contributed by atoms with Crippen LogP contribution in [0.5, 0.6) is 23.0 Å². The van der Waals surface area contributed by atoms with E-state index in [0.717, 1.165) is 5.56 Å². The van der Waals surface area contributed by atoms with Crippen LogP contribution in [0.15, 0.2) is 29.1 Å². The Labute approximate surface area is 360 Å². The Hall–Kier alpha value is -4.98. The maximum absolute atomic E-state index is 14.2. The van der Waals surface area contributed by atoms with E-state index < -0.39 is 59.1 Å². The van der Waals surface area contributed by atoms with Crippen molar-refractivity contribution in [2.45, 2.75) is 104 Å². The fraction of sp³-hybridized carbons (Fsp3) is 0.548. The van der Waals surface area contributed by atoms with Crippen LogP contribution in [0.1, 0.15) is 90.3 Å². The van der Waals surface area contributed by atoms with Crippen LogP contribution in [0, 0.1) is 11.8 Å². The van der Waals surface area contributed by atoms with Crippen LogP contribution in [-0.4, -0.2) is 88.9 Å². The molecule has 4 unspecified atom stereocenters. The molecule has 17 heteroatoms. The van der Waals surface area contributed by atoms with Crippen molar-refractivity contribution < 1.29 is 68.8 Å². The average Bonchev–Trinajstić information content (AvgIpc) is 3.42. The molecule has 0 heterocycles. The number of hydrogen-bond donors (Lipinski definition) is 5. The zero-order valence-corrected chi connectivity index (χ0v) is 37.3. The van der Waals surface area contributed by atoms with Crippen molar-refractivity contribution in [2.75, 3.05) is 35.0 Å². The molecule has 59 heavy (non-hydrogen) atoms. The third kappa shape index (κ3) is 14.1. The number of hydrogen-bond acceptors (Lipinski definition) is 11. The number of nitrogens with one attached hydrogen (secondary N) is 5. The molecule has 0 aromatic heterocycles. The number of amides is 5. The van der Waals surface area contributed by atoms with Crippen molar-refractivity contribution in [1.29, 1.82) is 0 Å². The van der Waals surface area contributed by atoms with Gasteiger partial charge in [0.25, 0.3) is 0 Å². The third-order valence-corrected chi connectivity index (χ3v) is 9.62. The molecule has 5 N–H and O–H groups in total. The molecule has 4 atom stereocenters. The zero-order chi connectivity index (χ0) is 43.1. The molecule has 0 fully saturated rings. The van der Waals surface area contributed by atoms with Crippen LogP contribution < -0.4 is 51.0 Å². The summed E-state index contributed by atoms with van der Waals surface area (Å²) < 4.78 is 22.5. The summed E-state index contributed by atoms with van der Waals surface area (Å²) in [6.45, 7) is 9.08. The van der Waals surface area contributed by atoms with Crippen LogP contribution in [-0.2, 0) is 56.3 Å². The van der Waals surface area contributed by atoms with Crippen molar-refractivity contribution in [2.24, 2.45) is 11.8 Å². The van der Waals surface area contributed by atoms with E-state index in [1.807, 2.05) is 33.8 Å². The Kier molecular flexibility index (Phi) is 20.6. The first-order chi connectivity index (χ1) is 27.6. The summed E-state index contributed by atoms with van der Waals surface area (Å²) in [4.78, 5) is 89.4. The molecular formula is C42H58MoN5O11-. The van der Waals surface area contributed by atoms with Gasteiger partial charge in [-0.3, -0.25) is 35.1 Å². The van der Waals surface area contributed by atoms with Crippen LogP contribution in [0.4, 0.5) is 0 Å². The molecule has 0 aliphatic heterocycles. The van der Waals surface area contributed by atoms with Gasteiger partial charge in [0, 0.05) is 46.0 Å². The van der Waals surface area contributed by atoms with E-state index in [-0.39, 0.29) is 77.3 Å². The van der Waals surface area contributed by atoms with E-state index in [0.29, 0.717) is 46.8 Å². The summed E-state index contributed by atoms with van der Waals surface area (Å²) >= 11 is 0. The minimum Gasteiger partial charge on any atom is -0.542 e. The molecule has 1 aliphatic rings. The normalized spacial score (nSPS) is 14.4. The molecule has 1 aliphatic carbocycles. The van der Waals surface area contributed by atoms with Crippen molar-refractivity contribution >= 4 is 35.8 Å². The summed E-state index contributed by atoms with van der Waals surface area (Å²) in [7, 11) is 5.94. The molecule has 324 valence electrons. The van der Waals surface area contributed by atoms with E-state index in [1.165, 1.54) is 41.4 Å². The van der Waals surface area contributed by atoms with Gasteiger partial charge < -0.3 is 50.3 Å². The summed E-state index contributed by atoms with van der Waals surface area (Å²) in [5, 5.41) is 13.8. The monoisotopic (exact) mass is 906 g/mol. The molecule has 0 radical (unpaired) electrons. The van der Waals surface area contributed by atoms with E-state index in [4.69, 9.17) is 18.9 Å². The van der Waals surface area contributed by atoms with Crippen LogP contribution >= 0.6 is 0 Å². The van der Waals surface area contributed by atoms with Crippen molar-refractivity contribution in [1.82, 2.24) is 26.6 Å². The Balaban J connectivity index is 0.0000120. The number of methoxy groups -OCH3 is 4. The zero-order valence-electron chi connectivity index (χ0n) is 35.3. The number of carbonyl (C=O) groups excluding carboxylic acids is 6. The van der Waals surface area contributed by atoms with Gasteiger partial charge in [-0.05, 0) is 79.3 Å². The van der Waals surface area contributed by atoms with Gasteiger partial charge in [-0.1, -0.05) is 33.8 Å². The largest absolute Gasteiger partial charge is 0.542 e. The van der Waals surface area contributed by atoms with Gasteiger partial charge in [0.05, 0.1) is 34.5 Å². The molecule has 2 aromatic carbocycles. The van der Waals surface area contributed by atoms with Gasteiger partial charge in [0.1, 0.15) is 18.1 Å². The second-order valence-corrected chi connectivity index (χ2v) is 15.0. The number of benzene rings is 1. The van der Waals surface area contributed by atoms with Crippen LogP contribution in [0.2, 0.25) is 0 Å². The minimum absolute atomic E-state index is 0. The SMILES string of the molecule is COc1cc2c(c(OC)c1OC)-c1ccc(OC)c(=O)cc1C(NC(=O)C(CC(C)C)NC(=O)C(C)NC(=O)C(CC(C)C)NC(=O)CCNC(=O)CC[C-]=O)CC2.[Mo]. The summed E-state index contributed by atoms with van der Waals surface area (Å²) in [6.07, 6.45) is 2.82. The van der Waals surface area contributed by atoms with E-state index >= 15 is 0 Å². The van der Waals surface area contributed by atoms with Gasteiger partial charge in [0.2, 0.25) is 40.7 Å². The molecule has 0 saturated heterocycles. The number of ether oxygens (including phenoxy) is 4. The van der Waals surface area contributed by atoms with E-state index in [2.05, 4.69) is 26.6 Å². The van der Waals surface area contributed by atoms with Gasteiger partial charge >= 0.3 is 0 Å². The smallest absolute Gasteiger partial charge is 0.243 e. The predicted molar refractivity (Wildman–Crippen MR) is 216 cm³/mol. The Morgan fingerprint density at radius 1 is 0.746 bits per heavy atom. The minimum atomic E-state index is -1.09. The Bertz CT molecular complexity index is 1870. The van der Waals surface area contributed by atoms with Crippen molar-refractivity contribution in [3.63, 3.8) is 0 Å². The molecule has 2 aromatic rings. The average molecular weight is 905 g/mol. The maximum Gasteiger partial charge on any atom is 0.243 e. The Morgan fingerprint density at radius 3 is 1.95 bits per heavy atom. The summed E-state index contributed by atoms with van der Waals surface area (Å²) in [5.74, 6) is -1.27. The molecule has 16 nitrogen and oxygen atoms in total. The van der Waals surface area contributed by atoms with Gasteiger partial charge in [0.15, 0.2) is 17.2 Å².